The van der Waals surface area contributed by atoms with Gasteiger partial charge in [-0.25, -0.2) is 0 Å². The molecular formula is C13H17Cl2O5P. The number of ether oxygens (including phenoxy) is 1. The maximum atomic E-state index is 12.3. The summed E-state index contributed by atoms with van der Waals surface area (Å²) in [5, 5.41) is 0.741. The molecule has 21 heavy (non-hydrogen) atoms. The zero-order valence-electron chi connectivity index (χ0n) is 12.2. The highest BCUT2D eigenvalue weighted by molar-refractivity contribution is 7.54. The van der Waals surface area contributed by atoms with Crippen molar-refractivity contribution in [2.45, 2.75) is 19.4 Å². The van der Waals surface area contributed by atoms with E-state index < -0.39 is 25.1 Å². The summed E-state index contributed by atoms with van der Waals surface area (Å²) in [5.74, 6) is -0.121. The number of hydrogen-bond acceptors (Lipinski definition) is 5. The summed E-state index contributed by atoms with van der Waals surface area (Å²) in [7, 11) is -0.994. The number of carbonyl (C=O) groups excluding carboxylic acids is 1. The summed E-state index contributed by atoms with van der Waals surface area (Å²) in [4.78, 5) is 12.3. The maximum absolute atomic E-state index is 12.3. The van der Waals surface area contributed by atoms with E-state index in [1.54, 1.807) is 26.0 Å². The molecule has 0 atom stereocenters. The minimum atomic E-state index is -3.44. The van der Waals surface area contributed by atoms with Crippen LogP contribution in [0.15, 0.2) is 18.2 Å². The topological polar surface area (TPSA) is 61.8 Å². The van der Waals surface area contributed by atoms with Crippen LogP contribution in [0.2, 0.25) is 10.0 Å². The lowest BCUT2D eigenvalue weighted by Crippen LogP contribution is -2.40. The number of hydrogen-bond donors (Lipinski definition) is 0. The fraction of sp³-hybridized carbons (Fsp3) is 0.462. The smallest absolute Gasteiger partial charge is 0.337 e. The van der Waals surface area contributed by atoms with E-state index in [0.717, 1.165) is 0 Å². The van der Waals surface area contributed by atoms with Gasteiger partial charge in [0.15, 0.2) is 11.4 Å². The Kier molecular flexibility index (Phi) is 6.26. The standard InChI is InChI=1S/C13H17Cl2O5P/c1-13(2,12(16)8-21(17,18-3)19-4)20-11-6-5-9(14)7-10(11)15/h5-7H,8H2,1-4H3. The van der Waals surface area contributed by atoms with Crippen molar-refractivity contribution >= 4 is 36.6 Å². The highest BCUT2D eigenvalue weighted by Gasteiger charge is 2.37. The van der Waals surface area contributed by atoms with Crippen molar-refractivity contribution in [3.63, 3.8) is 0 Å². The van der Waals surface area contributed by atoms with Crippen LogP contribution in [-0.2, 0) is 18.4 Å². The third kappa shape index (κ3) is 4.97. The number of benzene rings is 1. The Morgan fingerprint density at radius 1 is 1.24 bits per heavy atom. The molecule has 0 saturated carbocycles. The third-order valence-corrected chi connectivity index (χ3v) is 5.14. The lowest BCUT2D eigenvalue weighted by molar-refractivity contribution is -0.129. The molecule has 0 bridgehead atoms. The first-order valence-corrected chi connectivity index (χ1v) is 8.50. The summed E-state index contributed by atoms with van der Waals surface area (Å²) < 4.78 is 27.1. The van der Waals surface area contributed by atoms with Gasteiger partial charge in [0.25, 0.3) is 0 Å². The first-order chi connectivity index (χ1) is 9.63. The van der Waals surface area contributed by atoms with Gasteiger partial charge in [-0.2, -0.15) is 0 Å². The molecule has 0 aromatic heterocycles. The minimum Gasteiger partial charge on any atom is -0.479 e. The molecule has 1 rings (SSSR count). The van der Waals surface area contributed by atoms with Crippen LogP contribution in [0.3, 0.4) is 0 Å². The molecule has 1 aromatic carbocycles. The Hall–Kier alpha value is -0.580. The van der Waals surface area contributed by atoms with Crippen LogP contribution in [0.25, 0.3) is 0 Å². The summed E-state index contributed by atoms with van der Waals surface area (Å²) in [6.07, 6.45) is -0.391. The fourth-order valence-corrected chi connectivity index (χ4v) is 3.05. The molecule has 118 valence electrons. The summed E-state index contributed by atoms with van der Waals surface area (Å²) in [5.41, 5.74) is -1.25. The number of Topliss-reactive ketones (excluding diaryl/α,β-unsaturated/α-hetero) is 1. The second kappa shape index (κ2) is 7.12. The van der Waals surface area contributed by atoms with E-state index in [9.17, 15) is 9.36 Å². The van der Waals surface area contributed by atoms with E-state index in [2.05, 4.69) is 0 Å². The Morgan fingerprint density at radius 2 is 1.81 bits per heavy atom. The van der Waals surface area contributed by atoms with Crippen molar-refractivity contribution in [3.05, 3.63) is 28.2 Å². The highest BCUT2D eigenvalue weighted by atomic mass is 35.5. The lowest BCUT2D eigenvalue weighted by Gasteiger charge is -2.26. The monoisotopic (exact) mass is 354 g/mol. The van der Waals surface area contributed by atoms with E-state index in [1.807, 2.05) is 0 Å². The Balaban J connectivity index is 2.90. The predicted octanol–water partition coefficient (Wildman–Crippen LogP) is 4.21. The van der Waals surface area contributed by atoms with Crippen molar-refractivity contribution in [3.8, 4) is 5.75 Å². The van der Waals surface area contributed by atoms with Gasteiger partial charge in [-0.05, 0) is 32.0 Å². The predicted molar refractivity (Wildman–Crippen MR) is 82.7 cm³/mol. The van der Waals surface area contributed by atoms with E-state index in [-0.39, 0.29) is 5.02 Å². The van der Waals surface area contributed by atoms with Crippen LogP contribution in [0.4, 0.5) is 0 Å². The van der Waals surface area contributed by atoms with Gasteiger partial charge in [0.1, 0.15) is 11.9 Å². The molecule has 0 amide bonds. The van der Waals surface area contributed by atoms with Gasteiger partial charge in [0, 0.05) is 19.2 Å². The second-order valence-corrected chi connectivity index (χ2v) is 7.86. The zero-order valence-corrected chi connectivity index (χ0v) is 14.6. The van der Waals surface area contributed by atoms with Crippen molar-refractivity contribution in [2.24, 2.45) is 0 Å². The SMILES string of the molecule is COP(=O)(CC(=O)C(C)(C)Oc1ccc(Cl)cc1Cl)OC. The fourth-order valence-electron chi connectivity index (χ4n) is 1.46. The maximum Gasteiger partial charge on any atom is 0.337 e. The van der Waals surface area contributed by atoms with Crippen LogP contribution in [0, 0.1) is 0 Å². The molecule has 0 N–H and O–H groups in total. The Bertz CT molecular complexity index is 566. The van der Waals surface area contributed by atoms with Gasteiger partial charge >= 0.3 is 7.60 Å². The van der Waals surface area contributed by atoms with Gasteiger partial charge in [0.2, 0.25) is 0 Å². The molecule has 0 aliphatic rings. The molecule has 0 fully saturated rings. The average molecular weight is 355 g/mol. The zero-order chi connectivity index (χ0) is 16.3. The molecule has 8 heteroatoms. The van der Waals surface area contributed by atoms with Crippen LogP contribution >= 0.6 is 30.8 Å². The van der Waals surface area contributed by atoms with Gasteiger partial charge in [0.05, 0.1) is 5.02 Å². The third-order valence-electron chi connectivity index (χ3n) is 2.82. The number of ketones is 1. The van der Waals surface area contributed by atoms with E-state index >= 15 is 0 Å². The summed E-state index contributed by atoms with van der Waals surface area (Å²) in [6.45, 7) is 3.10. The van der Waals surface area contributed by atoms with Crippen molar-refractivity contribution in [2.75, 3.05) is 20.4 Å². The quantitative estimate of drug-likeness (QED) is 0.686. The van der Waals surface area contributed by atoms with E-state index in [1.165, 1.54) is 20.3 Å². The molecule has 0 unspecified atom stereocenters. The molecule has 0 spiro atoms. The van der Waals surface area contributed by atoms with Crippen LogP contribution in [-0.4, -0.2) is 31.8 Å². The largest absolute Gasteiger partial charge is 0.479 e. The van der Waals surface area contributed by atoms with Gasteiger partial charge < -0.3 is 13.8 Å². The molecule has 1 aromatic rings. The molecule has 0 saturated heterocycles. The van der Waals surface area contributed by atoms with Crippen molar-refractivity contribution in [1.82, 2.24) is 0 Å². The lowest BCUT2D eigenvalue weighted by atomic mass is 10.1. The van der Waals surface area contributed by atoms with E-state index in [0.29, 0.717) is 10.8 Å². The van der Waals surface area contributed by atoms with Gasteiger partial charge in [-0.3, -0.25) is 9.36 Å². The van der Waals surface area contributed by atoms with Crippen molar-refractivity contribution in [1.29, 1.82) is 0 Å². The molecule has 5 nitrogen and oxygen atoms in total. The van der Waals surface area contributed by atoms with Crippen molar-refractivity contribution < 1.29 is 23.1 Å². The Labute approximate surface area is 134 Å². The van der Waals surface area contributed by atoms with Gasteiger partial charge in [-0.15, -0.1) is 0 Å². The average Bonchev–Trinajstić information content (AvgIpc) is 2.41. The Morgan fingerprint density at radius 3 is 2.29 bits per heavy atom. The normalized spacial score (nSPS) is 12.3. The first-order valence-electron chi connectivity index (χ1n) is 6.01. The molecule has 0 aliphatic heterocycles. The first kappa shape index (κ1) is 18.5. The molecule has 0 radical (unpaired) electrons. The van der Waals surface area contributed by atoms with Crippen LogP contribution in [0.5, 0.6) is 5.75 Å². The molecule has 0 heterocycles. The molecular weight excluding hydrogens is 338 g/mol. The molecule has 0 aliphatic carbocycles. The second-order valence-electron chi connectivity index (χ2n) is 4.74. The van der Waals surface area contributed by atoms with Crippen LogP contribution < -0.4 is 4.74 Å². The van der Waals surface area contributed by atoms with E-state index in [4.69, 9.17) is 37.0 Å². The minimum absolute atomic E-state index is 0.282. The van der Waals surface area contributed by atoms with Crippen LogP contribution in [0.1, 0.15) is 13.8 Å². The van der Waals surface area contributed by atoms with Gasteiger partial charge in [-0.1, -0.05) is 23.2 Å². The number of carbonyl (C=O) groups is 1. The number of rotatable bonds is 7. The number of halogens is 2. The summed E-state index contributed by atoms with van der Waals surface area (Å²) in [6, 6.07) is 4.67. The highest BCUT2D eigenvalue weighted by Crippen LogP contribution is 2.47. The summed E-state index contributed by atoms with van der Waals surface area (Å²) >= 11 is 11.8.